The van der Waals surface area contributed by atoms with Crippen molar-refractivity contribution in [1.82, 2.24) is 0 Å². The largest absolute Gasteiger partial charge is 0.507 e. The Kier molecular flexibility index (Phi) is 5.98. The van der Waals surface area contributed by atoms with Gasteiger partial charge in [-0.15, -0.1) is 0 Å². The molecule has 0 aliphatic carbocycles. The molecule has 0 saturated carbocycles. The molecule has 0 fully saturated rings. The summed E-state index contributed by atoms with van der Waals surface area (Å²) >= 11 is 24.4. The Labute approximate surface area is 186 Å². The minimum absolute atomic E-state index is 0.0278. The van der Waals surface area contributed by atoms with Gasteiger partial charge in [-0.3, -0.25) is 4.55 Å². The van der Waals surface area contributed by atoms with Gasteiger partial charge in [-0.2, -0.15) is 8.42 Å². The van der Waals surface area contributed by atoms with E-state index in [4.69, 9.17) is 46.4 Å². The maximum absolute atomic E-state index is 13.0. The summed E-state index contributed by atoms with van der Waals surface area (Å²) in [5.74, 6) is -1.26. The van der Waals surface area contributed by atoms with Crippen molar-refractivity contribution in [2.75, 3.05) is 0 Å². The van der Waals surface area contributed by atoms with Crippen LogP contribution in [0.5, 0.6) is 11.5 Å². The molecule has 0 radical (unpaired) electrons. The maximum atomic E-state index is 13.0. The molecule has 0 unspecified atom stereocenters. The van der Waals surface area contributed by atoms with Gasteiger partial charge in [-0.1, -0.05) is 76.7 Å². The molecule has 3 aromatic carbocycles. The first-order chi connectivity index (χ1) is 13.5. The summed E-state index contributed by atoms with van der Waals surface area (Å²) in [5, 5.41) is 20.8. The Bertz CT molecular complexity index is 1090. The Morgan fingerprint density at radius 2 is 1.14 bits per heavy atom. The van der Waals surface area contributed by atoms with Gasteiger partial charge in [0.15, 0.2) is 4.75 Å². The standard InChI is InChI=1S/C19H12Cl4O5S/c20-11-6-13(22)17(15(24)8-11)19(29(26,27)28,10-4-2-1-3-5-10)18-14(23)7-12(21)9-16(18)25/h1-9,24-25H,(H,26,27,28). The highest BCUT2D eigenvalue weighted by atomic mass is 35.5. The molecule has 0 spiro atoms. The molecule has 0 amide bonds. The van der Waals surface area contributed by atoms with Crippen LogP contribution in [0, 0.1) is 0 Å². The predicted octanol–water partition coefficient (Wildman–Crippen LogP) is 5.89. The van der Waals surface area contributed by atoms with Crippen LogP contribution in [0.3, 0.4) is 0 Å². The Morgan fingerprint density at radius 1 is 0.724 bits per heavy atom. The van der Waals surface area contributed by atoms with E-state index in [1.807, 2.05) is 0 Å². The minimum Gasteiger partial charge on any atom is -0.507 e. The summed E-state index contributed by atoms with van der Waals surface area (Å²) in [6.07, 6.45) is 0. The third kappa shape index (κ3) is 3.65. The van der Waals surface area contributed by atoms with Crippen molar-refractivity contribution < 1.29 is 23.2 Å². The van der Waals surface area contributed by atoms with Crippen molar-refractivity contribution in [1.29, 1.82) is 0 Å². The van der Waals surface area contributed by atoms with Gasteiger partial charge < -0.3 is 10.2 Å². The normalized spacial score (nSPS) is 12.2. The molecule has 0 atom stereocenters. The van der Waals surface area contributed by atoms with Gasteiger partial charge in [-0.05, 0) is 29.8 Å². The van der Waals surface area contributed by atoms with Crippen LogP contribution < -0.4 is 0 Å². The van der Waals surface area contributed by atoms with E-state index < -0.39 is 37.5 Å². The minimum atomic E-state index is -5.18. The molecule has 0 heterocycles. The van der Waals surface area contributed by atoms with Gasteiger partial charge in [0.2, 0.25) is 0 Å². The fraction of sp³-hybridized carbons (Fsp3) is 0.0526. The van der Waals surface area contributed by atoms with Crippen LogP contribution in [0.1, 0.15) is 16.7 Å². The summed E-state index contributed by atoms with van der Waals surface area (Å²) in [6.45, 7) is 0. The molecule has 0 aromatic heterocycles. The third-order valence-electron chi connectivity index (χ3n) is 4.34. The Morgan fingerprint density at radius 3 is 1.48 bits per heavy atom. The van der Waals surface area contributed by atoms with Crippen molar-refractivity contribution in [3.63, 3.8) is 0 Å². The summed E-state index contributed by atoms with van der Waals surface area (Å²) in [5.41, 5.74) is -0.907. The first kappa shape index (κ1) is 22.0. The van der Waals surface area contributed by atoms with Crippen LogP contribution in [0.15, 0.2) is 54.6 Å². The molecular weight excluding hydrogens is 482 g/mol. The number of rotatable bonds is 4. The van der Waals surface area contributed by atoms with E-state index in [-0.39, 0.29) is 25.7 Å². The van der Waals surface area contributed by atoms with E-state index in [9.17, 15) is 23.2 Å². The average molecular weight is 494 g/mol. The molecule has 0 saturated heterocycles. The molecule has 0 aliphatic heterocycles. The second kappa shape index (κ2) is 7.87. The number of phenolic OH excluding ortho intramolecular Hbond substituents is 2. The second-order valence-corrected chi connectivity index (χ2v) is 9.34. The topological polar surface area (TPSA) is 94.8 Å². The number of aromatic hydroxyl groups is 2. The van der Waals surface area contributed by atoms with Crippen molar-refractivity contribution in [2.24, 2.45) is 0 Å². The SMILES string of the molecule is O=S(=O)(O)C(c1ccccc1)(c1c(O)cc(Cl)cc1Cl)c1c(O)cc(Cl)cc1Cl. The highest BCUT2D eigenvalue weighted by Gasteiger charge is 2.54. The monoisotopic (exact) mass is 492 g/mol. The molecule has 0 bridgehead atoms. The number of hydrogen-bond donors (Lipinski definition) is 3. The van der Waals surface area contributed by atoms with Crippen molar-refractivity contribution >= 4 is 56.5 Å². The first-order valence-corrected chi connectivity index (χ1v) is 10.8. The van der Waals surface area contributed by atoms with Gasteiger partial charge >= 0.3 is 0 Å². The van der Waals surface area contributed by atoms with Crippen molar-refractivity contribution in [3.8, 4) is 11.5 Å². The van der Waals surface area contributed by atoms with E-state index >= 15 is 0 Å². The number of halogens is 4. The lowest BCUT2D eigenvalue weighted by molar-refractivity contribution is 0.428. The average Bonchev–Trinajstić information content (AvgIpc) is 2.58. The molecule has 3 rings (SSSR count). The molecule has 5 nitrogen and oxygen atoms in total. The van der Waals surface area contributed by atoms with E-state index in [2.05, 4.69) is 0 Å². The summed E-state index contributed by atoms with van der Waals surface area (Å²) in [6, 6.07) is 11.9. The summed E-state index contributed by atoms with van der Waals surface area (Å²) < 4.78 is 33.9. The highest BCUT2D eigenvalue weighted by Crippen LogP contribution is 2.54. The van der Waals surface area contributed by atoms with Gasteiger partial charge in [0.25, 0.3) is 10.1 Å². The van der Waals surface area contributed by atoms with Crippen LogP contribution in [0.2, 0.25) is 20.1 Å². The van der Waals surface area contributed by atoms with Gasteiger partial charge in [0, 0.05) is 21.2 Å². The quantitative estimate of drug-likeness (QED) is 0.311. The number of hydrogen-bond acceptors (Lipinski definition) is 4. The van der Waals surface area contributed by atoms with E-state index in [0.29, 0.717) is 0 Å². The number of phenols is 2. The predicted molar refractivity (Wildman–Crippen MR) is 114 cm³/mol. The maximum Gasteiger partial charge on any atom is 0.283 e. The van der Waals surface area contributed by atoms with Crippen molar-refractivity contribution in [2.45, 2.75) is 4.75 Å². The van der Waals surface area contributed by atoms with Crippen LogP contribution in [0.25, 0.3) is 0 Å². The lowest BCUT2D eigenvalue weighted by Crippen LogP contribution is -2.39. The molecule has 152 valence electrons. The first-order valence-electron chi connectivity index (χ1n) is 7.89. The lowest BCUT2D eigenvalue weighted by Gasteiger charge is -2.34. The molecule has 0 aliphatic rings. The summed E-state index contributed by atoms with van der Waals surface area (Å²) in [4.78, 5) is 0. The smallest absolute Gasteiger partial charge is 0.283 e. The zero-order chi connectivity index (χ0) is 21.6. The van der Waals surface area contributed by atoms with Gasteiger partial charge in [0.1, 0.15) is 11.5 Å². The van der Waals surface area contributed by atoms with Crippen LogP contribution in [-0.4, -0.2) is 23.2 Å². The Hall–Kier alpha value is -1.67. The van der Waals surface area contributed by atoms with Crippen LogP contribution >= 0.6 is 46.4 Å². The van der Waals surface area contributed by atoms with Crippen LogP contribution in [-0.2, 0) is 14.9 Å². The molecule has 3 N–H and O–H groups in total. The second-order valence-electron chi connectivity index (χ2n) is 6.09. The summed E-state index contributed by atoms with van der Waals surface area (Å²) in [7, 11) is -5.18. The van der Waals surface area contributed by atoms with E-state index in [1.165, 1.54) is 36.4 Å². The molecule has 29 heavy (non-hydrogen) atoms. The zero-order valence-electron chi connectivity index (χ0n) is 14.3. The zero-order valence-corrected chi connectivity index (χ0v) is 18.1. The van der Waals surface area contributed by atoms with Gasteiger partial charge in [-0.25, -0.2) is 0 Å². The fourth-order valence-electron chi connectivity index (χ4n) is 3.31. The van der Waals surface area contributed by atoms with Crippen LogP contribution in [0.4, 0.5) is 0 Å². The highest BCUT2D eigenvalue weighted by molar-refractivity contribution is 7.87. The fourth-order valence-corrected chi connectivity index (χ4v) is 6.05. The molecular formula is C19H12Cl4O5S. The molecule has 3 aromatic rings. The lowest BCUT2D eigenvalue weighted by atomic mass is 9.82. The van der Waals surface area contributed by atoms with E-state index in [1.54, 1.807) is 6.07 Å². The third-order valence-corrected chi connectivity index (χ3v) is 6.79. The Balaban J connectivity index is 2.67. The van der Waals surface area contributed by atoms with Gasteiger partial charge in [0.05, 0.1) is 10.0 Å². The molecule has 10 heteroatoms. The number of benzene rings is 3. The van der Waals surface area contributed by atoms with E-state index in [0.717, 1.165) is 12.1 Å². The van der Waals surface area contributed by atoms with Crippen molar-refractivity contribution in [3.05, 3.63) is 91.4 Å².